The zero-order valence-electron chi connectivity index (χ0n) is 7.68. The molecule has 2 N–H and O–H groups in total. The highest BCUT2D eigenvalue weighted by molar-refractivity contribution is 5.78. The van der Waals surface area contributed by atoms with Crippen molar-refractivity contribution in [3.63, 3.8) is 0 Å². The summed E-state index contributed by atoms with van der Waals surface area (Å²) in [7, 11) is 0. The number of aromatic nitrogens is 1. The largest absolute Gasteiger partial charge is 0.480 e. The van der Waals surface area contributed by atoms with Gasteiger partial charge in [-0.15, -0.1) is 0 Å². The molecule has 0 radical (unpaired) electrons. The molecule has 1 saturated carbocycles. The van der Waals surface area contributed by atoms with Crippen molar-refractivity contribution >= 4 is 11.7 Å². The van der Waals surface area contributed by atoms with E-state index >= 15 is 0 Å². The number of hydrogen-bond donors (Lipinski definition) is 2. The Morgan fingerprint density at radius 2 is 2.14 bits per heavy atom. The molecule has 1 unspecified atom stereocenters. The van der Waals surface area contributed by atoms with Crippen molar-refractivity contribution in [1.29, 1.82) is 0 Å². The molecule has 1 heterocycles. The zero-order chi connectivity index (χ0) is 9.97. The summed E-state index contributed by atoms with van der Waals surface area (Å²) >= 11 is 0. The van der Waals surface area contributed by atoms with Crippen LogP contribution in [0.1, 0.15) is 12.8 Å². The first-order valence-corrected chi connectivity index (χ1v) is 4.67. The van der Waals surface area contributed by atoms with E-state index in [0.717, 1.165) is 18.5 Å². The maximum absolute atomic E-state index is 10.9. The van der Waals surface area contributed by atoms with Crippen molar-refractivity contribution in [2.75, 3.05) is 5.32 Å². The van der Waals surface area contributed by atoms with E-state index in [-0.39, 0.29) is 0 Å². The van der Waals surface area contributed by atoms with Gasteiger partial charge in [0.25, 0.3) is 0 Å². The topological polar surface area (TPSA) is 62.2 Å². The van der Waals surface area contributed by atoms with Crippen molar-refractivity contribution in [2.24, 2.45) is 5.92 Å². The van der Waals surface area contributed by atoms with Gasteiger partial charge in [-0.1, -0.05) is 0 Å². The van der Waals surface area contributed by atoms with Gasteiger partial charge in [0, 0.05) is 18.1 Å². The molecule has 0 spiro atoms. The summed E-state index contributed by atoms with van der Waals surface area (Å²) in [6, 6.07) is 3.11. The summed E-state index contributed by atoms with van der Waals surface area (Å²) in [4.78, 5) is 14.8. The van der Waals surface area contributed by atoms with Crippen molar-refractivity contribution in [3.8, 4) is 0 Å². The lowest BCUT2D eigenvalue weighted by Crippen LogP contribution is -2.31. The van der Waals surface area contributed by atoms with Crippen LogP contribution in [0.4, 0.5) is 5.69 Å². The fourth-order valence-corrected chi connectivity index (χ4v) is 1.44. The molecule has 0 bridgehead atoms. The van der Waals surface area contributed by atoms with E-state index in [2.05, 4.69) is 10.3 Å². The average Bonchev–Trinajstić information content (AvgIpc) is 2.99. The number of nitrogens with zero attached hydrogens (tertiary/aromatic N) is 1. The fraction of sp³-hybridized carbons (Fsp3) is 0.400. The maximum atomic E-state index is 10.9. The molecule has 1 atom stereocenters. The first kappa shape index (κ1) is 8.99. The van der Waals surface area contributed by atoms with Crippen molar-refractivity contribution < 1.29 is 9.90 Å². The van der Waals surface area contributed by atoms with Crippen LogP contribution >= 0.6 is 0 Å². The summed E-state index contributed by atoms with van der Waals surface area (Å²) in [5, 5.41) is 12.0. The molecule has 2 rings (SSSR count). The Hall–Kier alpha value is -1.58. The average molecular weight is 192 g/mol. The van der Waals surface area contributed by atoms with E-state index in [1.54, 1.807) is 24.5 Å². The van der Waals surface area contributed by atoms with Crippen LogP contribution in [0.2, 0.25) is 0 Å². The smallest absolute Gasteiger partial charge is 0.326 e. The predicted molar refractivity (Wildman–Crippen MR) is 52.0 cm³/mol. The second kappa shape index (κ2) is 3.65. The van der Waals surface area contributed by atoms with E-state index in [1.165, 1.54) is 0 Å². The number of anilines is 1. The van der Waals surface area contributed by atoms with Crippen LogP contribution < -0.4 is 5.32 Å². The molecule has 4 nitrogen and oxygen atoms in total. The number of aliphatic carboxylic acids is 1. The van der Waals surface area contributed by atoms with Crippen LogP contribution in [-0.2, 0) is 4.79 Å². The molecule has 0 amide bonds. The van der Waals surface area contributed by atoms with Crippen LogP contribution in [0.25, 0.3) is 0 Å². The van der Waals surface area contributed by atoms with Gasteiger partial charge in [-0.2, -0.15) is 0 Å². The molecule has 1 aliphatic rings. The minimum absolute atomic E-state index is 0.292. The van der Waals surface area contributed by atoms with E-state index in [4.69, 9.17) is 5.11 Å². The van der Waals surface area contributed by atoms with E-state index in [1.807, 2.05) is 0 Å². The lowest BCUT2D eigenvalue weighted by atomic mass is 10.2. The molecule has 1 fully saturated rings. The second-order valence-electron chi connectivity index (χ2n) is 3.53. The number of rotatable bonds is 4. The molecular weight excluding hydrogens is 180 g/mol. The summed E-state index contributed by atoms with van der Waals surface area (Å²) in [5.41, 5.74) is 0.819. The zero-order valence-corrected chi connectivity index (χ0v) is 7.68. The highest BCUT2D eigenvalue weighted by Gasteiger charge is 2.36. The molecule has 1 aliphatic carbocycles. The Labute approximate surface area is 82.0 Å². The van der Waals surface area contributed by atoms with Crippen molar-refractivity contribution in [3.05, 3.63) is 24.5 Å². The van der Waals surface area contributed by atoms with E-state index < -0.39 is 12.0 Å². The second-order valence-corrected chi connectivity index (χ2v) is 3.53. The van der Waals surface area contributed by atoms with E-state index in [0.29, 0.717) is 5.92 Å². The SMILES string of the molecule is O=C(O)C(Nc1ccncc1)C1CC1. The quantitative estimate of drug-likeness (QED) is 0.756. The first-order valence-electron chi connectivity index (χ1n) is 4.67. The van der Waals surface area contributed by atoms with Gasteiger partial charge >= 0.3 is 5.97 Å². The first-order chi connectivity index (χ1) is 6.77. The normalized spacial score (nSPS) is 17.4. The molecule has 0 saturated heterocycles. The molecule has 0 aromatic carbocycles. The monoisotopic (exact) mass is 192 g/mol. The number of hydrogen-bond acceptors (Lipinski definition) is 3. The molecule has 74 valence electrons. The maximum Gasteiger partial charge on any atom is 0.326 e. The van der Waals surface area contributed by atoms with Gasteiger partial charge in [0.2, 0.25) is 0 Å². The Kier molecular flexibility index (Phi) is 2.35. The number of carbonyl (C=O) groups is 1. The Morgan fingerprint density at radius 3 is 2.64 bits per heavy atom. The van der Waals surface area contributed by atoms with E-state index in [9.17, 15) is 4.79 Å². The predicted octanol–water partition coefficient (Wildman–Crippen LogP) is 1.36. The molecule has 0 aliphatic heterocycles. The van der Waals surface area contributed by atoms with Gasteiger partial charge in [-0.3, -0.25) is 4.98 Å². The van der Waals surface area contributed by atoms with Crippen molar-refractivity contribution in [2.45, 2.75) is 18.9 Å². The van der Waals surface area contributed by atoms with Crippen LogP contribution in [-0.4, -0.2) is 22.1 Å². The Balaban J connectivity index is 2.04. The lowest BCUT2D eigenvalue weighted by molar-refractivity contribution is -0.138. The van der Waals surface area contributed by atoms with Crippen LogP contribution in [0.5, 0.6) is 0 Å². The van der Waals surface area contributed by atoms with Gasteiger partial charge in [-0.25, -0.2) is 4.79 Å². The Morgan fingerprint density at radius 1 is 1.50 bits per heavy atom. The van der Waals surface area contributed by atoms with Gasteiger partial charge in [0.15, 0.2) is 0 Å². The summed E-state index contributed by atoms with van der Waals surface area (Å²) in [6.45, 7) is 0. The molecule has 14 heavy (non-hydrogen) atoms. The summed E-state index contributed by atoms with van der Waals surface area (Å²) in [6.07, 6.45) is 5.31. The number of pyridine rings is 1. The van der Waals surface area contributed by atoms with Gasteiger partial charge in [0.05, 0.1) is 0 Å². The third-order valence-corrected chi connectivity index (χ3v) is 2.36. The van der Waals surface area contributed by atoms with Crippen LogP contribution in [0.3, 0.4) is 0 Å². The standard InChI is InChI=1S/C10H12N2O2/c13-10(14)9(7-1-2-7)12-8-3-5-11-6-4-8/h3-7,9H,1-2H2,(H,11,12)(H,13,14). The highest BCUT2D eigenvalue weighted by Crippen LogP contribution is 2.34. The van der Waals surface area contributed by atoms with Gasteiger partial charge < -0.3 is 10.4 Å². The van der Waals surface area contributed by atoms with Crippen LogP contribution in [0.15, 0.2) is 24.5 Å². The third-order valence-electron chi connectivity index (χ3n) is 2.36. The van der Waals surface area contributed by atoms with Crippen molar-refractivity contribution in [1.82, 2.24) is 4.98 Å². The lowest BCUT2D eigenvalue weighted by Gasteiger charge is -2.14. The minimum Gasteiger partial charge on any atom is -0.480 e. The summed E-state index contributed by atoms with van der Waals surface area (Å²) in [5.74, 6) is -0.482. The molecular formula is C10H12N2O2. The summed E-state index contributed by atoms with van der Waals surface area (Å²) < 4.78 is 0. The van der Waals surface area contributed by atoms with Gasteiger partial charge in [0.1, 0.15) is 6.04 Å². The van der Waals surface area contributed by atoms with Gasteiger partial charge in [-0.05, 0) is 30.9 Å². The fourth-order valence-electron chi connectivity index (χ4n) is 1.44. The third kappa shape index (κ3) is 2.02. The molecule has 4 heteroatoms. The van der Waals surface area contributed by atoms with Crippen LogP contribution in [0, 0.1) is 5.92 Å². The number of carboxylic acids is 1. The molecule has 1 aromatic rings. The number of nitrogens with one attached hydrogen (secondary N) is 1. The molecule has 1 aromatic heterocycles. The number of carboxylic acid groups (broad SMARTS) is 1. The highest BCUT2D eigenvalue weighted by atomic mass is 16.4. The Bertz CT molecular complexity index is 322. The minimum atomic E-state index is -0.774.